The van der Waals surface area contributed by atoms with Gasteiger partial charge in [-0.1, -0.05) is 26.3 Å². The molecule has 8 unspecified atom stereocenters. The molecule has 0 radical (unpaired) electrons. The smallest absolute Gasteiger partial charge is 0.157 e. The topological polar surface area (TPSA) is 125 Å². The van der Waals surface area contributed by atoms with E-state index in [1.165, 1.54) is 32.2 Å². The summed E-state index contributed by atoms with van der Waals surface area (Å²) in [6.45, 7) is 14.0. The summed E-state index contributed by atoms with van der Waals surface area (Å²) in [6, 6.07) is 0. The lowest BCUT2D eigenvalue weighted by molar-refractivity contribution is -0.249. The van der Waals surface area contributed by atoms with Gasteiger partial charge in [-0.3, -0.25) is 0 Å². The minimum Gasteiger partial charge on any atom is -0.499 e. The molecule has 2 rings (SSSR count). The molecule has 10 heteroatoms. The van der Waals surface area contributed by atoms with Crippen LogP contribution in [0.2, 0.25) is 0 Å². The first-order chi connectivity index (χ1) is 15.4. The quantitative estimate of drug-likeness (QED) is 0.315. The lowest BCUT2D eigenvalue weighted by Gasteiger charge is -2.46. The molecule has 2 heterocycles. The van der Waals surface area contributed by atoms with Crippen molar-refractivity contribution in [2.75, 3.05) is 26.9 Å². The van der Waals surface area contributed by atoms with Crippen LogP contribution < -0.4 is 0 Å². The van der Waals surface area contributed by atoms with Crippen molar-refractivity contribution in [3.63, 3.8) is 0 Å². The van der Waals surface area contributed by atoms with Crippen LogP contribution in [0.1, 0.15) is 6.42 Å². The Morgan fingerprint density at radius 2 is 1.38 bits per heavy atom. The summed E-state index contributed by atoms with van der Waals surface area (Å²) in [4.78, 5) is 0. The van der Waals surface area contributed by atoms with E-state index in [1.807, 2.05) is 0 Å². The zero-order valence-corrected chi connectivity index (χ0v) is 18.3. The molecule has 10 nitrogen and oxygen atoms in total. The van der Waals surface area contributed by atoms with E-state index in [-0.39, 0.29) is 26.2 Å². The molecule has 2 aliphatic rings. The Morgan fingerprint density at radius 1 is 0.812 bits per heavy atom. The molecule has 0 bridgehead atoms. The maximum absolute atomic E-state index is 11.0. The molecule has 32 heavy (non-hydrogen) atoms. The van der Waals surface area contributed by atoms with Gasteiger partial charge >= 0.3 is 0 Å². The normalized spacial score (nSPS) is 39.0. The van der Waals surface area contributed by atoms with Gasteiger partial charge < -0.3 is 48.5 Å². The third kappa shape index (κ3) is 5.64. The van der Waals surface area contributed by atoms with Crippen LogP contribution in [0.25, 0.3) is 0 Å². The highest BCUT2D eigenvalue weighted by atomic mass is 16.6. The Bertz CT molecular complexity index is 626. The van der Waals surface area contributed by atoms with E-state index >= 15 is 0 Å². The zero-order valence-electron chi connectivity index (χ0n) is 18.3. The molecule has 2 saturated heterocycles. The third-order valence-electron chi connectivity index (χ3n) is 5.58. The SMILES string of the molecule is C=COCC1O[C@](COC)(CC2OC(COC=C)C(OC=C)C(O)C2OC=C)C(O)C1O. The van der Waals surface area contributed by atoms with Crippen LogP contribution in [-0.4, -0.2) is 96.7 Å². The molecule has 0 spiro atoms. The van der Waals surface area contributed by atoms with Crippen LogP contribution in [-0.2, 0) is 33.2 Å². The van der Waals surface area contributed by atoms with Gasteiger partial charge in [-0.2, -0.15) is 0 Å². The lowest BCUT2D eigenvalue weighted by atomic mass is 9.84. The molecule has 9 atom stereocenters. The largest absolute Gasteiger partial charge is 0.499 e. The predicted molar refractivity (Wildman–Crippen MR) is 113 cm³/mol. The lowest BCUT2D eigenvalue weighted by Crippen LogP contribution is -2.62. The van der Waals surface area contributed by atoms with E-state index in [0.29, 0.717) is 0 Å². The fraction of sp³-hybridized carbons (Fsp3) is 0.636. The van der Waals surface area contributed by atoms with Crippen molar-refractivity contribution < 1.29 is 48.5 Å². The van der Waals surface area contributed by atoms with Gasteiger partial charge in [0, 0.05) is 13.5 Å². The maximum atomic E-state index is 11.0. The van der Waals surface area contributed by atoms with Gasteiger partial charge in [0.05, 0.1) is 31.7 Å². The Balaban J connectivity index is 2.32. The van der Waals surface area contributed by atoms with E-state index in [1.54, 1.807) is 0 Å². The fourth-order valence-electron chi connectivity index (χ4n) is 4.21. The minimum atomic E-state index is -1.37. The number of hydrogen-bond donors (Lipinski definition) is 3. The fourth-order valence-corrected chi connectivity index (χ4v) is 4.21. The highest BCUT2D eigenvalue weighted by Gasteiger charge is 2.58. The minimum absolute atomic E-state index is 0.00458. The molecule has 0 aromatic rings. The molecule has 2 aliphatic heterocycles. The van der Waals surface area contributed by atoms with Crippen molar-refractivity contribution in [1.82, 2.24) is 0 Å². The molecular weight excluding hydrogens is 424 g/mol. The van der Waals surface area contributed by atoms with Crippen molar-refractivity contribution in [2.45, 2.75) is 60.9 Å². The van der Waals surface area contributed by atoms with Crippen LogP contribution in [0.5, 0.6) is 0 Å². The van der Waals surface area contributed by atoms with Crippen LogP contribution in [0.3, 0.4) is 0 Å². The van der Waals surface area contributed by atoms with Crippen LogP contribution in [0, 0.1) is 0 Å². The number of aliphatic hydroxyl groups is 3. The summed E-state index contributed by atoms with van der Waals surface area (Å²) in [5.41, 5.74) is -1.37. The van der Waals surface area contributed by atoms with Crippen molar-refractivity contribution in [3.8, 4) is 0 Å². The molecular formula is C22H34O10. The van der Waals surface area contributed by atoms with Gasteiger partial charge in [-0.05, 0) is 0 Å². The molecule has 0 aliphatic carbocycles. The first kappa shape index (κ1) is 26.2. The second kappa shape index (κ2) is 12.2. The van der Waals surface area contributed by atoms with Crippen LogP contribution in [0.4, 0.5) is 0 Å². The second-order valence-corrected chi connectivity index (χ2v) is 7.53. The van der Waals surface area contributed by atoms with Crippen molar-refractivity contribution in [2.24, 2.45) is 0 Å². The molecule has 3 N–H and O–H groups in total. The van der Waals surface area contributed by atoms with Crippen molar-refractivity contribution in [3.05, 3.63) is 51.4 Å². The van der Waals surface area contributed by atoms with E-state index in [4.69, 9.17) is 33.2 Å². The Hall–Kier alpha value is -2.08. The molecule has 0 saturated carbocycles. The predicted octanol–water partition coefficient (Wildman–Crippen LogP) is 0.388. The van der Waals surface area contributed by atoms with E-state index in [2.05, 4.69) is 26.3 Å². The number of ether oxygens (including phenoxy) is 7. The summed E-state index contributed by atoms with van der Waals surface area (Å²) in [5.74, 6) is 0. The summed E-state index contributed by atoms with van der Waals surface area (Å²) in [5, 5.41) is 32.4. The Labute approximate surface area is 188 Å². The number of rotatable bonds is 14. The van der Waals surface area contributed by atoms with Gasteiger partial charge in [0.15, 0.2) is 12.2 Å². The van der Waals surface area contributed by atoms with Gasteiger partial charge in [0.25, 0.3) is 0 Å². The molecule has 0 amide bonds. The highest BCUT2D eigenvalue weighted by Crippen LogP contribution is 2.39. The highest BCUT2D eigenvalue weighted by molar-refractivity contribution is 5.07. The standard InChI is InChI=1S/C22H34O10/c1-6-27-11-15-17(23)21(25)22(32-15,13-26-5)10-14-19(29-8-3)18(24)20(30-9-4)16(31-14)12-28-7-2/h6-9,14-21,23-25H,1-4,10-13H2,5H3/t14?,15?,16?,17?,18?,19?,20?,21?,22-/m0/s1. The molecule has 0 aromatic carbocycles. The van der Waals surface area contributed by atoms with Gasteiger partial charge in [-0.25, -0.2) is 0 Å². The Morgan fingerprint density at radius 3 is 1.91 bits per heavy atom. The molecule has 182 valence electrons. The summed E-state index contributed by atoms with van der Waals surface area (Å²) in [7, 11) is 1.45. The van der Waals surface area contributed by atoms with Crippen molar-refractivity contribution in [1.29, 1.82) is 0 Å². The van der Waals surface area contributed by atoms with E-state index in [9.17, 15) is 15.3 Å². The van der Waals surface area contributed by atoms with Gasteiger partial charge in [0.2, 0.25) is 0 Å². The number of aliphatic hydroxyl groups excluding tert-OH is 3. The van der Waals surface area contributed by atoms with E-state index in [0.717, 1.165) is 0 Å². The number of methoxy groups -OCH3 is 1. The van der Waals surface area contributed by atoms with Crippen LogP contribution >= 0.6 is 0 Å². The second-order valence-electron chi connectivity index (χ2n) is 7.53. The first-order valence-corrected chi connectivity index (χ1v) is 10.2. The zero-order chi connectivity index (χ0) is 23.7. The van der Waals surface area contributed by atoms with E-state index < -0.39 is 54.4 Å². The molecule has 2 fully saturated rings. The average molecular weight is 459 g/mol. The average Bonchev–Trinajstić information content (AvgIpc) is 3.00. The maximum Gasteiger partial charge on any atom is 0.157 e. The Kier molecular flexibility index (Phi) is 10.0. The summed E-state index contributed by atoms with van der Waals surface area (Å²) < 4.78 is 38.9. The van der Waals surface area contributed by atoms with Crippen molar-refractivity contribution >= 4 is 0 Å². The van der Waals surface area contributed by atoms with Gasteiger partial charge in [-0.15, -0.1) is 0 Å². The summed E-state index contributed by atoms with van der Waals surface area (Å²) in [6.07, 6.45) is -3.02. The summed E-state index contributed by atoms with van der Waals surface area (Å²) >= 11 is 0. The third-order valence-corrected chi connectivity index (χ3v) is 5.58. The van der Waals surface area contributed by atoms with Crippen LogP contribution in [0.15, 0.2) is 51.4 Å². The first-order valence-electron chi connectivity index (χ1n) is 10.2. The molecule has 0 aromatic heterocycles. The van der Waals surface area contributed by atoms with Gasteiger partial charge in [0.1, 0.15) is 55.4 Å². The monoisotopic (exact) mass is 458 g/mol. The number of hydrogen-bond acceptors (Lipinski definition) is 10.